The maximum atomic E-state index is 12.5. The van der Waals surface area contributed by atoms with Gasteiger partial charge in [-0.1, -0.05) is 0 Å². The monoisotopic (exact) mass is 266 g/mol. The summed E-state index contributed by atoms with van der Waals surface area (Å²) in [5.41, 5.74) is -0.942. The Morgan fingerprint density at radius 2 is 2.12 bits per heavy atom. The third-order valence-electron chi connectivity index (χ3n) is 1.79. The molecule has 0 aliphatic rings. The van der Waals surface area contributed by atoms with Gasteiger partial charge < -0.3 is 0 Å². The zero-order chi connectivity index (χ0) is 12.5. The fourth-order valence-corrected chi connectivity index (χ4v) is 2.11. The van der Waals surface area contributed by atoms with Gasteiger partial charge in [0, 0.05) is 10.7 Å². The van der Waals surface area contributed by atoms with Crippen molar-refractivity contribution in [2.45, 2.75) is 18.4 Å². The van der Waals surface area contributed by atoms with E-state index in [1.165, 1.54) is 6.92 Å². The molecule has 1 rings (SSSR count). The first kappa shape index (κ1) is 12.8. The van der Waals surface area contributed by atoms with E-state index in [1.807, 2.05) is 0 Å². The van der Waals surface area contributed by atoms with Crippen molar-refractivity contribution >= 4 is 19.7 Å². The molecule has 0 unspecified atom stereocenters. The lowest BCUT2D eigenvalue weighted by atomic mass is 10.1. The minimum Gasteiger partial charge on any atom is -0.239 e. The Morgan fingerprint density at radius 3 is 2.50 bits per heavy atom. The number of halogens is 3. The number of aromatic nitrogens is 1. The second kappa shape index (κ2) is 4.31. The van der Waals surface area contributed by atoms with Crippen molar-refractivity contribution in [2.75, 3.05) is 0 Å². The molecule has 0 radical (unpaired) electrons. The van der Waals surface area contributed by atoms with E-state index in [-0.39, 0.29) is 11.3 Å². The van der Waals surface area contributed by atoms with Crippen LogP contribution in [0.2, 0.25) is 0 Å². The molecule has 8 heteroatoms. The van der Waals surface area contributed by atoms with Crippen molar-refractivity contribution in [1.82, 2.24) is 4.98 Å². The summed E-state index contributed by atoms with van der Waals surface area (Å²) in [6.45, 7) is 1.33. The summed E-state index contributed by atoms with van der Waals surface area (Å²) in [6, 6.07) is 2.42. The highest BCUT2D eigenvalue weighted by molar-refractivity contribution is 8.13. The number of nitrogens with zero attached hydrogens (tertiary/aromatic N) is 2. The minimum absolute atomic E-state index is 0.0334. The zero-order valence-electron chi connectivity index (χ0n) is 7.91. The van der Waals surface area contributed by atoms with Crippen LogP contribution in [0.4, 0.5) is 8.78 Å². The molecular weight excluding hydrogens is 262 g/mol. The lowest BCUT2D eigenvalue weighted by Crippen LogP contribution is -2.05. The summed E-state index contributed by atoms with van der Waals surface area (Å²) < 4.78 is 47.1. The fourth-order valence-electron chi connectivity index (χ4n) is 1.06. The van der Waals surface area contributed by atoms with Crippen molar-refractivity contribution in [3.05, 3.63) is 22.9 Å². The van der Waals surface area contributed by atoms with Crippen molar-refractivity contribution in [3.8, 4) is 6.07 Å². The first-order valence-corrected chi connectivity index (χ1v) is 6.22. The van der Waals surface area contributed by atoms with Crippen LogP contribution in [0.3, 0.4) is 0 Å². The van der Waals surface area contributed by atoms with Gasteiger partial charge >= 0.3 is 0 Å². The van der Waals surface area contributed by atoms with Gasteiger partial charge in [0.1, 0.15) is 6.07 Å². The van der Waals surface area contributed by atoms with Crippen LogP contribution in [0.15, 0.2) is 11.1 Å². The first-order valence-electron chi connectivity index (χ1n) is 3.92. The van der Waals surface area contributed by atoms with Gasteiger partial charge in [0.2, 0.25) is 0 Å². The van der Waals surface area contributed by atoms with Gasteiger partial charge in [-0.25, -0.2) is 22.2 Å². The van der Waals surface area contributed by atoms with Gasteiger partial charge in [-0.2, -0.15) is 5.26 Å². The number of aryl methyl sites for hydroxylation is 1. The second-order valence-corrected chi connectivity index (χ2v) is 5.35. The van der Waals surface area contributed by atoms with Crippen molar-refractivity contribution in [2.24, 2.45) is 0 Å². The Balaban J connectivity index is 3.63. The highest BCUT2D eigenvalue weighted by Crippen LogP contribution is 2.28. The van der Waals surface area contributed by atoms with E-state index in [2.05, 4.69) is 4.98 Å². The van der Waals surface area contributed by atoms with E-state index >= 15 is 0 Å². The van der Waals surface area contributed by atoms with Crippen LogP contribution >= 0.6 is 10.7 Å². The molecule has 0 aliphatic heterocycles. The SMILES string of the molecule is Cc1nc(S(=O)(=O)Cl)c(C(F)F)cc1C#N. The molecule has 0 bridgehead atoms. The Morgan fingerprint density at radius 1 is 1.56 bits per heavy atom. The summed E-state index contributed by atoms with van der Waals surface area (Å²) in [5.74, 6) is 0. The second-order valence-electron chi connectivity index (χ2n) is 2.87. The Labute approximate surface area is 94.9 Å². The molecule has 0 fully saturated rings. The van der Waals surface area contributed by atoms with Crippen LogP contribution in [-0.2, 0) is 9.05 Å². The predicted molar refractivity (Wildman–Crippen MR) is 51.7 cm³/mol. The predicted octanol–water partition coefficient (Wildman–Crippen LogP) is 2.13. The van der Waals surface area contributed by atoms with E-state index in [4.69, 9.17) is 15.9 Å². The molecule has 4 nitrogen and oxygen atoms in total. The Bertz CT molecular complexity index is 566. The number of hydrogen-bond donors (Lipinski definition) is 0. The van der Waals surface area contributed by atoms with Crippen molar-refractivity contribution in [1.29, 1.82) is 5.26 Å². The molecular formula is C8H5ClF2N2O2S. The summed E-state index contributed by atoms with van der Waals surface area (Å²) in [4.78, 5) is 3.41. The fraction of sp³-hybridized carbons (Fsp3) is 0.250. The highest BCUT2D eigenvalue weighted by atomic mass is 35.7. The minimum atomic E-state index is -4.35. The zero-order valence-corrected chi connectivity index (χ0v) is 9.48. The van der Waals surface area contributed by atoms with E-state index in [9.17, 15) is 17.2 Å². The normalized spacial score (nSPS) is 11.5. The van der Waals surface area contributed by atoms with E-state index in [0.717, 1.165) is 6.07 Å². The molecule has 0 aliphatic carbocycles. The van der Waals surface area contributed by atoms with E-state index in [1.54, 1.807) is 6.07 Å². The molecule has 0 amide bonds. The maximum Gasteiger partial charge on any atom is 0.279 e. The van der Waals surface area contributed by atoms with Gasteiger partial charge in [0.05, 0.1) is 16.8 Å². The molecule has 0 saturated heterocycles. The van der Waals surface area contributed by atoms with E-state index < -0.39 is 26.1 Å². The van der Waals surface area contributed by atoms with Crippen molar-refractivity contribution < 1.29 is 17.2 Å². The summed E-state index contributed by atoms with van der Waals surface area (Å²) in [5, 5.41) is 7.70. The lowest BCUT2D eigenvalue weighted by molar-refractivity contribution is 0.147. The number of alkyl halides is 2. The number of nitriles is 1. The van der Waals surface area contributed by atoms with Gasteiger partial charge in [-0.15, -0.1) is 0 Å². The van der Waals surface area contributed by atoms with Crippen LogP contribution in [-0.4, -0.2) is 13.4 Å². The molecule has 0 spiro atoms. The maximum absolute atomic E-state index is 12.5. The quantitative estimate of drug-likeness (QED) is 0.769. The van der Waals surface area contributed by atoms with Crippen LogP contribution in [0.5, 0.6) is 0 Å². The molecule has 0 atom stereocenters. The number of pyridine rings is 1. The first-order chi connectivity index (χ1) is 7.27. The standard InChI is InChI=1S/C8H5ClF2N2O2S/c1-4-5(3-12)2-6(7(10)11)8(13-4)16(9,14)15/h2,7H,1H3. The van der Waals surface area contributed by atoms with Crippen molar-refractivity contribution in [3.63, 3.8) is 0 Å². The third-order valence-corrected chi connectivity index (χ3v) is 3.02. The average molecular weight is 267 g/mol. The summed E-state index contributed by atoms with van der Waals surface area (Å²) in [7, 11) is 0.614. The average Bonchev–Trinajstić information content (AvgIpc) is 2.15. The lowest BCUT2D eigenvalue weighted by Gasteiger charge is -2.07. The number of hydrogen-bond acceptors (Lipinski definition) is 4. The summed E-state index contributed by atoms with van der Waals surface area (Å²) in [6.07, 6.45) is -3.07. The van der Waals surface area contributed by atoms with Crippen LogP contribution in [0, 0.1) is 18.3 Å². The van der Waals surface area contributed by atoms with Crippen LogP contribution < -0.4 is 0 Å². The molecule has 0 saturated carbocycles. The van der Waals surface area contributed by atoms with Gasteiger partial charge in [-0.3, -0.25) is 0 Å². The van der Waals surface area contributed by atoms with Gasteiger partial charge in [0.25, 0.3) is 15.5 Å². The molecule has 1 aromatic heterocycles. The van der Waals surface area contributed by atoms with E-state index in [0.29, 0.717) is 0 Å². The third kappa shape index (κ3) is 2.46. The van der Waals surface area contributed by atoms with Gasteiger partial charge in [-0.05, 0) is 13.0 Å². The largest absolute Gasteiger partial charge is 0.279 e. The Kier molecular flexibility index (Phi) is 3.45. The van der Waals surface area contributed by atoms with Crippen LogP contribution in [0.1, 0.15) is 23.2 Å². The smallest absolute Gasteiger partial charge is 0.239 e. The van der Waals surface area contributed by atoms with Crippen LogP contribution in [0.25, 0.3) is 0 Å². The molecule has 1 aromatic rings. The van der Waals surface area contributed by atoms with Gasteiger partial charge in [0.15, 0.2) is 5.03 Å². The molecule has 86 valence electrons. The number of rotatable bonds is 2. The molecule has 16 heavy (non-hydrogen) atoms. The topological polar surface area (TPSA) is 70.8 Å². The molecule has 0 aromatic carbocycles. The molecule has 1 heterocycles. The summed E-state index contributed by atoms with van der Waals surface area (Å²) >= 11 is 0. The molecule has 0 N–H and O–H groups in total. The Hall–Kier alpha value is -1.26. The highest BCUT2D eigenvalue weighted by Gasteiger charge is 2.25.